The largest absolute Gasteiger partial charge is 0.493 e. The van der Waals surface area contributed by atoms with Gasteiger partial charge in [0.05, 0.1) is 6.61 Å². The Morgan fingerprint density at radius 3 is 2.52 bits per heavy atom. The summed E-state index contributed by atoms with van der Waals surface area (Å²) in [7, 11) is 0. The fourth-order valence-corrected chi connectivity index (χ4v) is 2.68. The Kier molecular flexibility index (Phi) is 5.90. The lowest BCUT2D eigenvalue weighted by atomic mass is 10.1. The first-order valence-corrected chi connectivity index (χ1v) is 7.92. The Morgan fingerprint density at radius 2 is 1.86 bits per heavy atom. The van der Waals surface area contributed by atoms with Crippen molar-refractivity contribution in [3.05, 3.63) is 29.3 Å². The second-order valence-electron chi connectivity index (χ2n) is 5.71. The van der Waals surface area contributed by atoms with Gasteiger partial charge in [-0.15, -0.1) is 0 Å². The van der Waals surface area contributed by atoms with Gasteiger partial charge < -0.3 is 15.4 Å². The number of guanidine groups is 1. The molecule has 1 aliphatic rings. The monoisotopic (exact) mass is 289 g/mol. The topological polar surface area (TPSA) is 50.9 Å². The minimum absolute atomic E-state index is 0.683. The molecule has 2 rings (SSSR count). The highest BCUT2D eigenvalue weighted by Crippen LogP contribution is 2.22. The van der Waals surface area contributed by atoms with Gasteiger partial charge >= 0.3 is 0 Å². The first kappa shape index (κ1) is 15.7. The molecule has 0 unspecified atom stereocenters. The summed E-state index contributed by atoms with van der Waals surface area (Å²) in [4.78, 5) is 6.65. The van der Waals surface area contributed by atoms with Crippen molar-refractivity contribution in [1.82, 2.24) is 4.90 Å². The van der Waals surface area contributed by atoms with Gasteiger partial charge in [0.15, 0.2) is 5.96 Å². The fourth-order valence-electron chi connectivity index (χ4n) is 2.68. The molecule has 21 heavy (non-hydrogen) atoms. The normalized spacial score (nSPS) is 16.1. The van der Waals surface area contributed by atoms with Crippen LogP contribution in [0.25, 0.3) is 0 Å². The van der Waals surface area contributed by atoms with E-state index in [1.54, 1.807) is 0 Å². The molecule has 0 spiro atoms. The molecule has 0 aliphatic carbocycles. The van der Waals surface area contributed by atoms with Gasteiger partial charge in [0, 0.05) is 26.1 Å². The number of nitrogens with two attached hydrogens (primary N) is 1. The second kappa shape index (κ2) is 7.91. The number of aryl methyl sites for hydroxylation is 2. The van der Waals surface area contributed by atoms with Crippen LogP contribution in [0.4, 0.5) is 0 Å². The van der Waals surface area contributed by atoms with E-state index in [2.05, 4.69) is 41.9 Å². The summed E-state index contributed by atoms with van der Waals surface area (Å²) >= 11 is 0. The van der Waals surface area contributed by atoms with Crippen molar-refractivity contribution < 1.29 is 4.74 Å². The summed E-state index contributed by atoms with van der Waals surface area (Å²) < 4.78 is 5.87. The van der Waals surface area contributed by atoms with Gasteiger partial charge in [-0.2, -0.15) is 0 Å². The lowest BCUT2D eigenvalue weighted by molar-refractivity contribution is 0.308. The molecule has 4 heteroatoms. The summed E-state index contributed by atoms with van der Waals surface area (Å²) in [6, 6.07) is 6.21. The number of piperidine rings is 1. The average molecular weight is 289 g/mol. The third kappa shape index (κ3) is 4.66. The summed E-state index contributed by atoms with van der Waals surface area (Å²) in [5, 5.41) is 0. The molecule has 0 saturated carbocycles. The molecule has 0 atom stereocenters. The molecular weight excluding hydrogens is 262 g/mol. The van der Waals surface area contributed by atoms with Crippen molar-refractivity contribution >= 4 is 5.96 Å². The third-order valence-corrected chi connectivity index (χ3v) is 3.91. The van der Waals surface area contributed by atoms with Crippen LogP contribution in [-0.2, 0) is 0 Å². The molecule has 116 valence electrons. The molecular formula is C17H27N3O. The van der Waals surface area contributed by atoms with E-state index in [0.717, 1.165) is 31.8 Å². The molecule has 1 aromatic rings. The van der Waals surface area contributed by atoms with Crippen molar-refractivity contribution in [2.75, 3.05) is 26.2 Å². The highest BCUT2D eigenvalue weighted by Gasteiger charge is 2.11. The quantitative estimate of drug-likeness (QED) is 0.515. The molecule has 0 bridgehead atoms. The average Bonchev–Trinajstić information content (AvgIpc) is 2.50. The Balaban J connectivity index is 1.72. The first-order chi connectivity index (χ1) is 10.2. The number of benzene rings is 1. The smallest absolute Gasteiger partial charge is 0.191 e. The van der Waals surface area contributed by atoms with Gasteiger partial charge in [-0.05, 0) is 44.2 Å². The van der Waals surface area contributed by atoms with E-state index >= 15 is 0 Å². The van der Waals surface area contributed by atoms with Crippen molar-refractivity contribution in [2.24, 2.45) is 10.7 Å². The molecule has 4 nitrogen and oxygen atoms in total. The minimum atomic E-state index is 0.683. The van der Waals surface area contributed by atoms with Crippen LogP contribution < -0.4 is 10.5 Å². The molecule has 1 saturated heterocycles. The predicted molar refractivity (Wildman–Crippen MR) is 87.9 cm³/mol. The molecule has 2 N–H and O–H groups in total. The number of para-hydroxylation sites is 1. The lowest BCUT2D eigenvalue weighted by Gasteiger charge is -2.27. The molecule has 1 aromatic carbocycles. The molecule has 1 fully saturated rings. The van der Waals surface area contributed by atoms with Gasteiger partial charge in [-0.1, -0.05) is 18.2 Å². The van der Waals surface area contributed by atoms with Crippen molar-refractivity contribution in [3.8, 4) is 5.75 Å². The predicted octanol–water partition coefficient (Wildman–Crippen LogP) is 2.87. The SMILES string of the molecule is Cc1cccc(C)c1OCCCN=C(N)N1CCCCC1. The van der Waals surface area contributed by atoms with E-state index in [0.29, 0.717) is 12.6 Å². The van der Waals surface area contributed by atoms with Crippen LogP contribution in [0.1, 0.15) is 36.8 Å². The Morgan fingerprint density at radius 1 is 1.19 bits per heavy atom. The molecule has 0 radical (unpaired) electrons. The van der Waals surface area contributed by atoms with Crippen LogP contribution in [-0.4, -0.2) is 37.1 Å². The fraction of sp³-hybridized carbons (Fsp3) is 0.588. The van der Waals surface area contributed by atoms with Gasteiger partial charge in [0.2, 0.25) is 0 Å². The van der Waals surface area contributed by atoms with Gasteiger partial charge in [0.1, 0.15) is 5.75 Å². The number of hydrogen-bond donors (Lipinski definition) is 1. The third-order valence-electron chi connectivity index (χ3n) is 3.91. The Hall–Kier alpha value is -1.71. The highest BCUT2D eigenvalue weighted by molar-refractivity contribution is 5.78. The van der Waals surface area contributed by atoms with E-state index in [-0.39, 0.29) is 0 Å². The van der Waals surface area contributed by atoms with E-state index in [4.69, 9.17) is 10.5 Å². The first-order valence-electron chi connectivity index (χ1n) is 7.92. The zero-order chi connectivity index (χ0) is 15.1. The van der Waals surface area contributed by atoms with Gasteiger partial charge in [-0.3, -0.25) is 4.99 Å². The maximum atomic E-state index is 6.03. The van der Waals surface area contributed by atoms with Crippen LogP contribution in [0, 0.1) is 13.8 Å². The number of likely N-dealkylation sites (tertiary alicyclic amines) is 1. The zero-order valence-corrected chi connectivity index (χ0v) is 13.3. The Labute approximate surface area is 128 Å². The second-order valence-corrected chi connectivity index (χ2v) is 5.71. The number of nitrogens with zero attached hydrogens (tertiary/aromatic N) is 2. The van der Waals surface area contributed by atoms with Crippen molar-refractivity contribution in [3.63, 3.8) is 0 Å². The maximum absolute atomic E-state index is 6.03. The minimum Gasteiger partial charge on any atom is -0.493 e. The molecule has 1 aliphatic heterocycles. The standard InChI is InChI=1S/C17H27N3O/c1-14-8-6-9-15(2)16(14)21-13-7-10-19-17(18)20-11-4-3-5-12-20/h6,8-9H,3-5,7,10-13H2,1-2H3,(H2,18,19). The van der Waals surface area contributed by atoms with Gasteiger partial charge in [0.25, 0.3) is 0 Å². The Bertz CT molecular complexity index is 459. The number of ether oxygens (including phenoxy) is 1. The summed E-state index contributed by atoms with van der Waals surface area (Å²) in [5.41, 5.74) is 8.40. The zero-order valence-electron chi connectivity index (χ0n) is 13.3. The molecule has 0 aromatic heterocycles. The van der Waals surface area contributed by atoms with Gasteiger partial charge in [-0.25, -0.2) is 0 Å². The molecule has 1 heterocycles. The van der Waals surface area contributed by atoms with Crippen LogP contribution in [0.15, 0.2) is 23.2 Å². The van der Waals surface area contributed by atoms with Crippen molar-refractivity contribution in [2.45, 2.75) is 39.5 Å². The molecule has 0 amide bonds. The van der Waals surface area contributed by atoms with Crippen LogP contribution in [0.3, 0.4) is 0 Å². The number of hydrogen-bond acceptors (Lipinski definition) is 2. The maximum Gasteiger partial charge on any atom is 0.191 e. The van der Waals surface area contributed by atoms with E-state index in [1.165, 1.54) is 30.4 Å². The summed E-state index contributed by atoms with van der Waals surface area (Å²) in [5.74, 6) is 1.70. The summed E-state index contributed by atoms with van der Waals surface area (Å²) in [6.07, 6.45) is 4.66. The van der Waals surface area contributed by atoms with Crippen LogP contribution >= 0.6 is 0 Å². The van der Waals surface area contributed by atoms with Crippen LogP contribution in [0.5, 0.6) is 5.75 Å². The van der Waals surface area contributed by atoms with E-state index in [1.807, 2.05) is 0 Å². The summed E-state index contributed by atoms with van der Waals surface area (Å²) in [6.45, 7) is 7.67. The lowest BCUT2D eigenvalue weighted by Crippen LogP contribution is -2.40. The van der Waals surface area contributed by atoms with Crippen molar-refractivity contribution in [1.29, 1.82) is 0 Å². The highest BCUT2D eigenvalue weighted by atomic mass is 16.5. The van der Waals surface area contributed by atoms with Crippen LogP contribution in [0.2, 0.25) is 0 Å². The number of aliphatic imine (C=N–C) groups is 1. The van der Waals surface area contributed by atoms with E-state index < -0.39 is 0 Å². The van der Waals surface area contributed by atoms with E-state index in [9.17, 15) is 0 Å². The number of rotatable bonds is 5.